The maximum atomic E-state index is 12.5. The highest BCUT2D eigenvalue weighted by atomic mass is 32.2. The lowest BCUT2D eigenvalue weighted by Gasteiger charge is -2.11. The van der Waals surface area contributed by atoms with Crippen molar-refractivity contribution < 1.29 is 19.6 Å². The Morgan fingerprint density at radius 2 is 1.83 bits per heavy atom. The highest BCUT2D eigenvalue weighted by Crippen LogP contribution is 2.37. The van der Waals surface area contributed by atoms with Gasteiger partial charge in [-0.3, -0.25) is 19.7 Å². The van der Waals surface area contributed by atoms with Crippen LogP contribution in [0.4, 0.5) is 16.2 Å². The first-order valence-electron chi connectivity index (χ1n) is 6.78. The van der Waals surface area contributed by atoms with Crippen LogP contribution in [0.25, 0.3) is 6.08 Å². The Balaban J connectivity index is 1.98. The topological polar surface area (TPSA) is 101 Å². The number of carbonyl (C=O) groups is 2. The van der Waals surface area contributed by atoms with Crippen molar-refractivity contribution in [2.75, 3.05) is 4.90 Å². The molecule has 0 aromatic heterocycles. The molecule has 1 aliphatic rings. The standard InChI is InChI=1S/C16H10N2O5S/c19-13-7-6-12(18(22)23)8-10(13)9-14-15(20)17(16(21)24-14)11-4-2-1-3-5-11/h1-9,19H/b14-9+. The molecular weight excluding hydrogens is 332 g/mol. The highest BCUT2D eigenvalue weighted by molar-refractivity contribution is 8.19. The van der Waals surface area contributed by atoms with E-state index in [9.17, 15) is 24.8 Å². The van der Waals surface area contributed by atoms with E-state index < -0.39 is 16.1 Å². The summed E-state index contributed by atoms with van der Waals surface area (Å²) in [6.07, 6.45) is 1.27. The van der Waals surface area contributed by atoms with Gasteiger partial charge in [-0.05, 0) is 36.0 Å². The van der Waals surface area contributed by atoms with Gasteiger partial charge in [-0.15, -0.1) is 0 Å². The van der Waals surface area contributed by atoms with Gasteiger partial charge in [-0.25, -0.2) is 4.90 Å². The summed E-state index contributed by atoms with van der Waals surface area (Å²) >= 11 is 0.712. The van der Waals surface area contributed by atoms with E-state index in [1.165, 1.54) is 12.1 Å². The number of rotatable bonds is 3. The van der Waals surface area contributed by atoms with Crippen LogP contribution in [0.1, 0.15) is 5.56 Å². The van der Waals surface area contributed by atoms with E-state index in [0.717, 1.165) is 17.0 Å². The summed E-state index contributed by atoms with van der Waals surface area (Å²) < 4.78 is 0. The second kappa shape index (κ2) is 6.17. The molecular formula is C16H10N2O5S. The number of carbonyl (C=O) groups excluding carboxylic acids is 2. The van der Waals surface area contributed by atoms with Gasteiger partial charge in [0.1, 0.15) is 5.75 Å². The number of para-hydroxylation sites is 1. The number of phenols is 1. The van der Waals surface area contributed by atoms with E-state index in [1.54, 1.807) is 30.3 Å². The van der Waals surface area contributed by atoms with Gasteiger partial charge in [-0.2, -0.15) is 0 Å². The molecule has 0 saturated carbocycles. The van der Waals surface area contributed by atoms with Gasteiger partial charge in [0.15, 0.2) is 0 Å². The Morgan fingerprint density at radius 3 is 2.50 bits per heavy atom. The second-order valence-corrected chi connectivity index (χ2v) is 5.85. The molecule has 0 spiro atoms. The third kappa shape index (κ3) is 2.86. The number of anilines is 1. The number of nitrogens with zero attached hydrogens (tertiary/aromatic N) is 2. The molecule has 1 saturated heterocycles. The highest BCUT2D eigenvalue weighted by Gasteiger charge is 2.36. The molecule has 0 unspecified atom stereocenters. The van der Waals surface area contributed by atoms with E-state index in [0.29, 0.717) is 17.4 Å². The fraction of sp³-hybridized carbons (Fsp3) is 0. The average molecular weight is 342 g/mol. The Hall–Kier alpha value is -3.13. The number of nitro benzene ring substituents is 1. The summed E-state index contributed by atoms with van der Waals surface area (Å²) in [6.45, 7) is 0. The van der Waals surface area contributed by atoms with Gasteiger partial charge in [-0.1, -0.05) is 18.2 Å². The van der Waals surface area contributed by atoms with Crippen molar-refractivity contribution in [3.8, 4) is 5.75 Å². The van der Waals surface area contributed by atoms with Crippen LogP contribution in [0, 0.1) is 10.1 Å². The van der Waals surface area contributed by atoms with E-state index in [2.05, 4.69) is 0 Å². The fourth-order valence-corrected chi connectivity index (χ4v) is 3.01. The number of nitro groups is 1. The molecule has 120 valence electrons. The summed E-state index contributed by atoms with van der Waals surface area (Å²) in [4.78, 5) is 35.9. The lowest BCUT2D eigenvalue weighted by molar-refractivity contribution is -0.384. The third-order valence-electron chi connectivity index (χ3n) is 3.32. The van der Waals surface area contributed by atoms with Crippen LogP contribution in [-0.2, 0) is 4.79 Å². The van der Waals surface area contributed by atoms with Crippen LogP contribution in [0.15, 0.2) is 53.4 Å². The number of thioether (sulfide) groups is 1. The Labute approximate surface area is 140 Å². The molecule has 3 rings (SSSR count). The number of benzene rings is 2. The smallest absolute Gasteiger partial charge is 0.298 e. The van der Waals surface area contributed by atoms with Crippen LogP contribution < -0.4 is 4.90 Å². The maximum absolute atomic E-state index is 12.5. The molecule has 1 N–H and O–H groups in total. The molecule has 2 amide bonds. The molecule has 0 aliphatic carbocycles. The predicted octanol–water partition coefficient (Wildman–Crippen LogP) is 3.54. The van der Waals surface area contributed by atoms with E-state index in [-0.39, 0.29) is 21.9 Å². The number of phenolic OH excluding ortho intramolecular Hbond substituents is 1. The van der Waals surface area contributed by atoms with Crippen LogP contribution in [0.2, 0.25) is 0 Å². The Kier molecular flexibility index (Phi) is 4.05. The van der Waals surface area contributed by atoms with Gasteiger partial charge >= 0.3 is 0 Å². The molecule has 1 fully saturated rings. The van der Waals surface area contributed by atoms with Crippen molar-refractivity contribution in [2.45, 2.75) is 0 Å². The maximum Gasteiger partial charge on any atom is 0.298 e. The largest absolute Gasteiger partial charge is 0.507 e. The number of hydrogen-bond acceptors (Lipinski definition) is 6. The minimum Gasteiger partial charge on any atom is -0.507 e. The number of imide groups is 1. The number of hydrogen-bond donors (Lipinski definition) is 1. The zero-order valence-corrected chi connectivity index (χ0v) is 12.9. The molecule has 1 heterocycles. The quantitative estimate of drug-likeness (QED) is 0.520. The molecule has 1 aliphatic heterocycles. The van der Waals surface area contributed by atoms with E-state index in [4.69, 9.17) is 0 Å². The van der Waals surface area contributed by atoms with Gasteiger partial charge in [0, 0.05) is 17.7 Å². The molecule has 0 atom stereocenters. The number of amides is 2. The van der Waals surface area contributed by atoms with Crippen molar-refractivity contribution in [2.24, 2.45) is 0 Å². The SMILES string of the molecule is O=C1S/C(=C/c2cc([N+](=O)[O-])ccc2O)C(=O)N1c1ccccc1. The summed E-state index contributed by atoms with van der Waals surface area (Å²) in [5.74, 6) is -0.755. The number of non-ortho nitro benzene ring substituents is 1. The minimum absolute atomic E-state index is 0.0830. The molecule has 7 nitrogen and oxygen atoms in total. The van der Waals surface area contributed by atoms with Gasteiger partial charge < -0.3 is 5.11 Å². The lowest BCUT2D eigenvalue weighted by atomic mass is 10.1. The van der Waals surface area contributed by atoms with E-state index >= 15 is 0 Å². The van der Waals surface area contributed by atoms with Crippen molar-refractivity contribution in [1.29, 1.82) is 0 Å². The van der Waals surface area contributed by atoms with Gasteiger partial charge in [0.05, 0.1) is 15.5 Å². The lowest BCUT2D eigenvalue weighted by Crippen LogP contribution is -2.27. The van der Waals surface area contributed by atoms with Crippen LogP contribution >= 0.6 is 11.8 Å². The summed E-state index contributed by atoms with van der Waals surface area (Å²) in [5, 5.41) is 20.2. The zero-order valence-electron chi connectivity index (χ0n) is 12.1. The van der Waals surface area contributed by atoms with Crippen LogP contribution in [-0.4, -0.2) is 21.2 Å². The van der Waals surface area contributed by atoms with Crippen LogP contribution in [0.3, 0.4) is 0 Å². The fourth-order valence-electron chi connectivity index (χ4n) is 2.18. The monoisotopic (exact) mass is 342 g/mol. The van der Waals surface area contributed by atoms with Crippen LogP contribution in [0.5, 0.6) is 5.75 Å². The normalized spacial score (nSPS) is 16.0. The predicted molar refractivity (Wildman–Crippen MR) is 89.7 cm³/mol. The first-order chi connectivity index (χ1) is 11.5. The summed E-state index contributed by atoms with van der Waals surface area (Å²) in [6, 6.07) is 11.9. The molecule has 2 aromatic rings. The van der Waals surface area contributed by atoms with Crippen molar-refractivity contribution in [3.05, 3.63) is 69.1 Å². The number of aromatic hydroxyl groups is 1. The first kappa shape index (κ1) is 15.8. The Bertz CT molecular complexity index is 879. The van der Waals surface area contributed by atoms with Gasteiger partial charge in [0.2, 0.25) is 0 Å². The average Bonchev–Trinajstić information content (AvgIpc) is 2.84. The van der Waals surface area contributed by atoms with E-state index in [1.807, 2.05) is 0 Å². The molecule has 0 radical (unpaired) electrons. The summed E-state index contributed by atoms with van der Waals surface area (Å²) in [5.41, 5.74) is 0.316. The minimum atomic E-state index is -0.605. The molecule has 8 heteroatoms. The van der Waals surface area contributed by atoms with Gasteiger partial charge in [0.25, 0.3) is 16.8 Å². The van der Waals surface area contributed by atoms with Crippen molar-refractivity contribution in [1.82, 2.24) is 0 Å². The zero-order chi connectivity index (χ0) is 17.3. The Morgan fingerprint density at radius 1 is 1.12 bits per heavy atom. The second-order valence-electron chi connectivity index (χ2n) is 4.85. The molecule has 24 heavy (non-hydrogen) atoms. The van der Waals surface area contributed by atoms with Crippen molar-refractivity contribution >= 4 is 40.4 Å². The van der Waals surface area contributed by atoms with Crippen molar-refractivity contribution in [3.63, 3.8) is 0 Å². The first-order valence-corrected chi connectivity index (χ1v) is 7.59. The third-order valence-corrected chi connectivity index (χ3v) is 4.19. The molecule has 2 aromatic carbocycles. The molecule has 0 bridgehead atoms. The summed E-state index contributed by atoms with van der Waals surface area (Å²) in [7, 11) is 0.